The topological polar surface area (TPSA) is 69.6 Å². The SMILES string of the molecule is CCC(C)Cn1nnnc1-c1cc(N)c(F)cc1F. The van der Waals surface area contributed by atoms with E-state index in [1.54, 1.807) is 0 Å². The van der Waals surface area contributed by atoms with Gasteiger partial charge in [0.25, 0.3) is 0 Å². The molecule has 1 aromatic heterocycles. The van der Waals surface area contributed by atoms with Crippen LogP contribution in [-0.2, 0) is 6.54 Å². The summed E-state index contributed by atoms with van der Waals surface area (Å²) in [5, 5.41) is 11.2. The first-order valence-corrected chi connectivity index (χ1v) is 6.04. The molecule has 0 aliphatic rings. The summed E-state index contributed by atoms with van der Waals surface area (Å²) in [4.78, 5) is 0. The van der Waals surface area contributed by atoms with Crippen LogP contribution >= 0.6 is 0 Å². The fraction of sp³-hybridized carbons (Fsp3) is 0.417. The Kier molecular flexibility index (Phi) is 3.73. The third kappa shape index (κ3) is 2.69. The number of rotatable bonds is 4. The molecule has 1 aromatic carbocycles. The van der Waals surface area contributed by atoms with E-state index < -0.39 is 11.6 Å². The first-order chi connectivity index (χ1) is 9.02. The van der Waals surface area contributed by atoms with Crippen molar-refractivity contribution in [2.45, 2.75) is 26.8 Å². The lowest BCUT2D eigenvalue weighted by atomic mass is 10.1. The average molecular weight is 267 g/mol. The monoisotopic (exact) mass is 267 g/mol. The molecule has 1 heterocycles. The standard InChI is InChI=1S/C12H15F2N5/c1-3-7(2)6-19-12(16-17-18-19)8-4-11(15)10(14)5-9(8)13/h4-5,7H,3,6,15H2,1-2H3. The maximum Gasteiger partial charge on any atom is 0.185 e. The molecule has 7 heteroatoms. The van der Waals surface area contributed by atoms with Crippen LogP contribution < -0.4 is 5.73 Å². The van der Waals surface area contributed by atoms with Crippen LogP contribution in [0.25, 0.3) is 11.4 Å². The first kappa shape index (κ1) is 13.4. The summed E-state index contributed by atoms with van der Waals surface area (Å²) in [6.07, 6.45) is 0.952. The summed E-state index contributed by atoms with van der Waals surface area (Å²) in [7, 11) is 0. The zero-order valence-corrected chi connectivity index (χ0v) is 10.8. The quantitative estimate of drug-likeness (QED) is 0.862. The molecule has 0 fully saturated rings. The second-order valence-corrected chi connectivity index (χ2v) is 4.55. The Morgan fingerprint density at radius 1 is 1.32 bits per heavy atom. The van der Waals surface area contributed by atoms with Gasteiger partial charge in [-0.05, 0) is 22.4 Å². The van der Waals surface area contributed by atoms with Crippen molar-refractivity contribution < 1.29 is 8.78 Å². The number of hydrogen-bond donors (Lipinski definition) is 1. The molecule has 0 bridgehead atoms. The molecule has 2 aromatic rings. The molecule has 0 saturated carbocycles. The summed E-state index contributed by atoms with van der Waals surface area (Å²) in [5.74, 6) is -0.915. The largest absolute Gasteiger partial charge is 0.396 e. The number of tetrazole rings is 1. The molecule has 2 rings (SSSR count). The van der Waals surface area contributed by atoms with Crippen molar-refractivity contribution in [2.24, 2.45) is 5.92 Å². The molecule has 0 spiro atoms. The summed E-state index contributed by atoms with van der Waals surface area (Å²) >= 11 is 0. The van der Waals surface area contributed by atoms with Crippen LogP contribution in [0.4, 0.5) is 14.5 Å². The van der Waals surface area contributed by atoms with Gasteiger partial charge in [0, 0.05) is 12.6 Å². The van der Waals surface area contributed by atoms with Crippen LogP contribution in [-0.4, -0.2) is 20.2 Å². The van der Waals surface area contributed by atoms with Crippen LogP contribution in [0, 0.1) is 17.6 Å². The number of anilines is 1. The van der Waals surface area contributed by atoms with E-state index in [-0.39, 0.29) is 17.1 Å². The molecule has 0 aliphatic carbocycles. The Labute approximate surface area is 109 Å². The van der Waals surface area contributed by atoms with Gasteiger partial charge < -0.3 is 5.73 Å². The van der Waals surface area contributed by atoms with Gasteiger partial charge >= 0.3 is 0 Å². The van der Waals surface area contributed by atoms with E-state index in [4.69, 9.17) is 5.73 Å². The van der Waals surface area contributed by atoms with Crippen LogP contribution in [0.5, 0.6) is 0 Å². The number of nitrogen functional groups attached to an aromatic ring is 1. The molecule has 2 N–H and O–H groups in total. The van der Waals surface area contributed by atoms with Gasteiger partial charge in [0.2, 0.25) is 0 Å². The number of nitrogens with two attached hydrogens (primary N) is 1. The van der Waals surface area contributed by atoms with Crippen molar-refractivity contribution in [3.05, 3.63) is 23.8 Å². The zero-order valence-electron chi connectivity index (χ0n) is 10.8. The van der Waals surface area contributed by atoms with Crippen LogP contribution in [0.3, 0.4) is 0 Å². The lowest BCUT2D eigenvalue weighted by molar-refractivity contribution is 0.433. The lowest BCUT2D eigenvalue weighted by Crippen LogP contribution is -2.10. The maximum atomic E-state index is 13.8. The molecular formula is C12H15F2N5. The van der Waals surface area contributed by atoms with Crippen molar-refractivity contribution in [2.75, 3.05) is 5.73 Å². The average Bonchev–Trinajstić information content (AvgIpc) is 2.81. The van der Waals surface area contributed by atoms with Crippen molar-refractivity contribution in [3.8, 4) is 11.4 Å². The van der Waals surface area contributed by atoms with Crippen LogP contribution in [0.1, 0.15) is 20.3 Å². The highest BCUT2D eigenvalue weighted by molar-refractivity contribution is 5.62. The van der Waals surface area contributed by atoms with Gasteiger partial charge in [0.05, 0.1) is 11.3 Å². The Morgan fingerprint density at radius 2 is 2.05 bits per heavy atom. The summed E-state index contributed by atoms with van der Waals surface area (Å²) in [6, 6.07) is 1.95. The van der Waals surface area contributed by atoms with Gasteiger partial charge in [-0.1, -0.05) is 20.3 Å². The predicted octanol–water partition coefficient (Wildman–Crippen LogP) is 2.25. The van der Waals surface area contributed by atoms with Crippen molar-refractivity contribution in [1.29, 1.82) is 0 Å². The molecule has 5 nitrogen and oxygen atoms in total. The molecule has 0 amide bonds. The third-order valence-electron chi connectivity index (χ3n) is 3.04. The Balaban J connectivity index is 2.42. The van der Waals surface area contributed by atoms with Crippen molar-refractivity contribution in [1.82, 2.24) is 20.2 Å². The normalized spacial score (nSPS) is 12.6. The number of aromatic nitrogens is 4. The minimum atomic E-state index is -0.790. The van der Waals surface area contributed by atoms with E-state index >= 15 is 0 Å². The number of benzene rings is 1. The van der Waals surface area contributed by atoms with E-state index in [1.807, 2.05) is 13.8 Å². The van der Waals surface area contributed by atoms with Crippen LogP contribution in [0.15, 0.2) is 12.1 Å². The summed E-state index contributed by atoms with van der Waals surface area (Å²) in [6.45, 7) is 4.65. The van der Waals surface area contributed by atoms with E-state index in [9.17, 15) is 8.78 Å². The Morgan fingerprint density at radius 3 is 2.74 bits per heavy atom. The van der Waals surface area contributed by atoms with E-state index in [0.717, 1.165) is 12.5 Å². The third-order valence-corrected chi connectivity index (χ3v) is 3.04. The fourth-order valence-electron chi connectivity index (χ4n) is 1.68. The summed E-state index contributed by atoms with van der Waals surface area (Å²) in [5.41, 5.74) is 5.43. The highest BCUT2D eigenvalue weighted by Crippen LogP contribution is 2.25. The number of hydrogen-bond acceptors (Lipinski definition) is 4. The smallest absolute Gasteiger partial charge is 0.185 e. The second-order valence-electron chi connectivity index (χ2n) is 4.55. The molecule has 19 heavy (non-hydrogen) atoms. The minimum absolute atomic E-state index is 0.104. The Hall–Kier alpha value is -2.05. The fourth-order valence-corrected chi connectivity index (χ4v) is 1.68. The zero-order chi connectivity index (χ0) is 14.0. The van der Waals surface area contributed by atoms with Gasteiger partial charge in [-0.2, -0.15) is 0 Å². The molecule has 1 unspecified atom stereocenters. The minimum Gasteiger partial charge on any atom is -0.396 e. The van der Waals surface area contributed by atoms with E-state index in [0.29, 0.717) is 12.5 Å². The summed E-state index contributed by atoms with van der Waals surface area (Å²) < 4.78 is 28.4. The Bertz CT molecular complexity index is 581. The predicted molar refractivity (Wildman–Crippen MR) is 67.0 cm³/mol. The number of halogens is 2. The molecule has 102 valence electrons. The van der Waals surface area contributed by atoms with E-state index in [2.05, 4.69) is 15.5 Å². The van der Waals surface area contributed by atoms with Gasteiger partial charge in [-0.3, -0.25) is 0 Å². The van der Waals surface area contributed by atoms with Crippen molar-refractivity contribution in [3.63, 3.8) is 0 Å². The van der Waals surface area contributed by atoms with Gasteiger partial charge in [0.1, 0.15) is 11.6 Å². The molecule has 0 saturated heterocycles. The van der Waals surface area contributed by atoms with Crippen LogP contribution in [0.2, 0.25) is 0 Å². The van der Waals surface area contributed by atoms with E-state index in [1.165, 1.54) is 10.7 Å². The lowest BCUT2D eigenvalue weighted by Gasteiger charge is -2.10. The first-order valence-electron chi connectivity index (χ1n) is 6.04. The van der Waals surface area contributed by atoms with Gasteiger partial charge in [0.15, 0.2) is 5.82 Å². The van der Waals surface area contributed by atoms with Gasteiger partial charge in [-0.15, -0.1) is 5.10 Å². The highest BCUT2D eigenvalue weighted by Gasteiger charge is 2.17. The maximum absolute atomic E-state index is 13.8. The molecular weight excluding hydrogens is 252 g/mol. The van der Waals surface area contributed by atoms with Gasteiger partial charge in [-0.25, -0.2) is 13.5 Å². The highest BCUT2D eigenvalue weighted by atomic mass is 19.1. The molecule has 1 atom stereocenters. The molecule has 0 aliphatic heterocycles. The second kappa shape index (κ2) is 5.29. The molecule has 0 radical (unpaired) electrons. The number of nitrogens with zero attached hydrogens (tertiary/aromatic N) is 4. The van der Waals surface area contributed by atoms with Crippen molar-refractivity contribution >= 4 is 5.69 Å².